The Labute approximate surface area is 89.2 Å². The van der Waals surface area contributed by atoms with Crippen LogP contribution in [-0.2, 0) is 0 Å². The van der Waals surface area contributed by atoms with Crippen molar-refractivity contribution in [3.05, 3.63) is 28.2 Å². The van der Waals surface area contributed by atoms with E-state index in [9.17, 15) is 4.79 Å². The van der Waals surface area contributed by atoms with Gasteiger partial charge in [-0.1, -0.05) is 15.9 Å². The highest BCUT2D eigenvalue weighted by Crippen LogP contribution is 2.31. The summed E-state index contributed by atoms with van der Waals surface area (Å²) in [6.07, 6.45) is 1.93. The van der Waals surface area contributed by atoms with Gasteiger partial charge in [0.25, 0.3) is 0 Å². The van der Waals surface area contributed by atoms with Gasteiger partial charge in [0.15, 0.2) is 5.78 Å². The minimum Gasteiger partial charge on any atom is -0.366 e. The first-order chi connectivity index (χ1) is 6.22. The number of carbonyl (C=O) groups is 1. The molecular weight excluding hydrogens is 250 g/mol. The highest BCUT2D eigenvalue weighted by atomic mass is 79.9. The average Bonchev–Trinajstić information content (AvgIpc) is 2.42. The van der Waals surface area contributed by atoms with Crippen molar-refractivity contribution in [1.29, 1.82) is 0 Å². The van der Waals surface area contributed by atoms with E-state index in [1.165, 1.54) is 11.8 Å². The Balaban J connectivity index is 2.44. The molecule has 0 aliphatic carbocycles. The number of thioether (sulfide) groups is 1. The second-order valence-corrected chi connectivity index (χ2v) is 4.67. The van der Waals surface area contributed by atoms with Crippen LogP contribution in [0.5, 0.6) is 0 Å². The first-order valence-electron chi connectivity index (χ1n) is 3.85. The van der Waals surface area contributed by atoms with Crippen LogP contribution in [0.3, 0.4) is 0 Å². The van der Waals surface area contributed by atoms with Crippen molar-refractivity contribution in [2.75, 3.05) is 11.6 Å². The number of rotatable bonds is 1. The second-order valence-electron chi connectivity index (χ2n) is 2.81. The lowest BCUT2D eigenvalue weighted by Crippen LogP contribution is -2.16. The number of benzene rings is 1. The Hall–Kier alpha value is -0.480. The van der Waals surface area contributed by atoms with Gasteiger partial charge in [0, 0.05) is 15.7 Å². The van der Waals surface area contributed by atoms with E-state index in [1.54, 1.807) is 0 Å². The highest BCUT2D eigenvalue weighted by Gasteiger charge is 2.28. The van der Waals surface area contributed by atoms with E-state index in [0.29, 0.717) is 0 Å². The van der Waals surface area contributed by atoms with Crippen molar-refractivity contribution < 1.29 is 4.79 Å². The first-order valence-corrected chi connectivity index (χ1v) is 5.93. The Morgan fingerprint density at radius 1 is 1.54 bits per heavy atom. The number of nitrogens with one attached hydrogen (secondary N) is 1. The molecule has 1 atom stereocenters. The molecule has 1 N–H and O–H groups in total. The molecule has 0 aromatic heterocycles. The molecular formula is C9H8BrNOS. The SMILES string of the molecule is CSC1Nc2cc(Br)ccc2C1=O. The van der Waals surface area contributed by atoms with Crippen molar-refractivity contribution in [1.82, 2.24) is 0 Å². The van der Waals surface area contributed by atoms with E-state index in [4.69, 9.17) is 0 Å². The number of hydrogen-bond donors (Lipinski definition) is 1. The molecule has 1 aromatic carbocycles. The van der Waals surface area contributed by atoms with Gasteiger partial charge in [-0.3, -0.25) is 4.79 Å². The van der Waals surface area contributed by atoms with Crippen LogP contribution < -0.4 is 5.32 Å². The molecule has 1 aliphatic heterocycles. The van der Waals surface area contributed by atoms with Crippen LogP contribution in [-0.4, -0.2) is 17.4 Å². The van der Waals surface area contributed by atoms with E-state index in [1.807, 2.05) is 24.5 Å². The monoisotopic (exact) mass is 257 g/mol. The van der Waals surface area contributed by atoms with Crippen LogP contribution in [0, 0.1) is 0 Å². The van der Waals surface area contributed by atoms with Gasteiger partial charge in [-0.2, -0.15) is 0 Å². The van der Waals surface area contributed by atoms with Crippen molar-refractivity contribution in [2.24, 2.45) is 0 Å². The summed E-state index contributed by atoms with van der Waals surface area (Å²) in [5, 5.41) is 3.05. The van der Waals surface area contributed by atoms with Crippen molar-refractivity contribution in [3.8, 4) is 0 Å². The highest BCUT2D eigenvalue weighted by molar-refractivity contribution is 9.10. The van der Waals surface area contributed by atoms with Gasteiger partial charge in [0.2, 0.25) is 0 Å². The van der Waals surface area contributed by atoms with E-state index < -0.39 is 0 Å². The molecule has 1 heterocycles. The Morgan fingerprint density at radius 2 is 2.31 bits per heavy atom. The molecule has 1 unspecified atom stereocenters. The third-order valence-electron chi connectivity index (χ3n) is 2.01. The van der Waals surface area contributed by atoms with Crippen LogP contribution >= 0.6 is 27.7 Å². The fourth-order valence-electron chi connectivity index (χ4n) is 1.36. The third kappa shape index (κ3) is 1.48. The molecule has 0 amide bonds. The van der Waals surface area contributed by atoms with Gasteiger partial charge in [0.05, 0.1) is 0 Å². The maximum Gasteiger partial charge on any atom is 0.197 e. The topological polar surface area (TPSA) is 29.1 Å². The fraction of sp³-hybridized carbons (Fsp3) is 0.222. The number of hydrogen-bond acceptors (Lipinski definition) is 3. The van der Waals surface area contributed by atoms with E-state index in [2.05, 4.69) is 21.2 Å². The van der Waals surface area contributed by atoms with E-state index in [-0.39, 0.29) is 11.2 Å². The summed E-state index contributed by atoms with van der Waals surface area (Å²) in [6, 6.07) is 5.68. The lowest BCUT2D eigenvalue weighted by atomic mass is 10.1. The Bertz CT molecular complexity index is 367. The molecule has 0 saturated carbocycles. The molecule has 0 radical (unpaired) electrons. The lowest BCUT2D eigenvalue weighted by molar-refractivity contribution is 0.100. The lowest BCUT2D eigenvalue weighted by Gasteiger charge is -2.04. The summed E-state index contributed by atoms with van der Waals surface area (Å²) in [4.78, 5) is 11.6. The zero-order chi connectivity index (χ0) is 9.42. The largest absolute Gasteiger partial charge is 0.366 e. The molecule has 0 spiro atoms. The van der Waals surface area contributed by atoms with Crippen molar-refractivity contribution >= 4 is 39.2 Å². The normalized spacial score (nSPS) is 19.8. The molecule has 68 valence electrons. The van der Waals surface area contributed by atoms with E-state index in [0.717, 1.165) is 15.7 Å². The number of fused-ring (bicyclic) bond motifs is 1. The number of carbonyl (C=O) groups excluding carboxylic acids is 1. The van der Waals surface area contributed by atoms with Gasteiger partial charge < -0.3 is 5.32 Å². The number of halogens is 1. The van der Waals surface area contributed by atoms with Crippen LogP contribution in [0.4, 0.5) is 5.69 Å². The Morgan fingerprint density at radius 3 is 3.00 bits per heavy atom. The predicted octanol–water partition coefficient (Wildman–Crippen LogP) is 2.75. The summed E-state index contributed by atoms with van der Waals surface area (Å²) in [5.74, 6) is 0.176. The molecule has 4 heteroatoms. The minimum atomic E-state index is -0.107. The van der Waals surface area contributed by atoms with Crippen LogP contribution in [0.1, 0.15) is 10.4 Å². The van der Waals surface area contributed by atoms with Crippen LogP contribution in [0.15, 0.2) is 22.7 Å². The quantitative estimate of drug-likeness (QED) is 0.839. The van der Waals surface area contributed by atoms with Crippen LogP contribution in [0.2, 0.25) is 0 Å². The van der Waals surface area contributed by atoms with Gasteiger partial charge in [0.1, 0.15) is 5.37 Å². The van der Waals surface area contributed by atoms with Crippen LogP contribution in [0.25, 0.3) is 0 Å². The molecule has 1 aliphatic rings. The summed E-state index contributed by atoms with van der Waals surface area (Å²) in [7, 11) is 0. The zero-order valence-corrected chi connectivity index (χ0v) is 9.41. The van der Waals surface area contributed by atoms with Crippen molar-refractivity contribution in [2.45, 2.75) is 5.37 Å². The zero-order valence-electron chi connectivity index (χ0n) is 7.00. The van der Waals surface area contributed by atoms with Gasteiger partial charge in [-0.15, -0.1) is 11.8 Å². The standard InChI is InChI=1S/C9H8BrNOS/c1-13-9-8(12)6-3-2-5(10)4-7(6)11-9/h2-4,9,11H,1H3. The molecule has 1 aromatic rings. The number of Topliss-reactive ketones (excluding diaryl/α,β-unsaturated/α-hetero) is 1. The predicted molar refractivity (Wildman–Crippen MR) is 59.4 cm³/mol. The van der Waals surface area contributed by atoms with Crippen molar-refractivity contribution in [3.63, 3.8) is 0 Å². The fourth-order valence-corrected chi connectivity index (χ4v) is 2.31. The molecule has 2 nitrogen and oxygen atoms in total. The molecule has 13 heavy (non-hydrogen) atoms. The minimum absolute atomic E-state index is 0.107. The van der Waals surface area contributed by atoms with Gasteiger partial charge in [-0.05, 0) is 24.5 Å². The second kappa shape index (κ2) is 3.35. The summed E-state index contributed by atoms with van der Waals surface area (Å²) in [6.45, 7) is 0. The molecule has 0 bridgehead atoms. The molecule has 0 fully saturated rings. The summed E-state index contributed by atoms with van der Waals surface area (Å²) >= 11 is 4.90. The smallest absolute Gasteiger partial charge is 0.197 e. The maximum absolute atomic E-state index is 11.6. The van der Waals surface area contributed by atoms with Gasteiger partial charge >= 0.3 is 0 Å². The molecule has 2 rings (SSSR count). The number of ketones is 1. The number of anilines is 1. The average molecular weight is 258 g/mol. The third-order valence-corrected chi connectivity index (χ3v) is 3.30. The summed E-state index contributed by atoms with van der Waals surface area (Å²) < 4.78 is 0.994. The maximum atomic E-state index is 11.6. The first kappa shape index (κ1) is 9.09. The molecule has 0 saturated heterocycles. The van der Waals surface area contributed by atoms with Gasteiger partial charge in [-0.25, -0.2) is 0 Å². The summed E-state index contributed by atoms with van der Waals surface area (Å²) in [5.41, 5.74) is 1.72. The van der Waals surface area contributed by atoms with E-state index >= 15 is 0 Å². The Kier molecular flexibility index (Phi) is 2.34.